The molecule has 3 rings (SSSR count). The highest BCUT2D eigenvalue weighted by atomic mass is 16.5. The summed E-state index contributed by atoms with van der Waals surface area (Å²) in [5.74, 6) is 0.222. The van der Waals surface area contributed by atoms with Crippen LogP contribution in [0.1, 0.15) is 17.5 Å². The molecule has 0 saturated carbocycles. The normalized spacial score (nSPS) is 17.6. The van der Waals surface area contributed by atoms with Gasteiger partial charge in [0, 0.05) is 19.7 Å². The topological polar surface area (TPSA) is 64.4 Å². The SMILES string of the molecule is Cc1cccc(OCCN2C(=O)C[C@H](Cc3cnn(C)c3)C2=O)c1. The maximum atomic E-state index is 12.4. The van der Waals surface area contributed by atoms with Crippen molar-refractivity contribution in [1.82, 2.24) is 14.7 Å². The Morgan fingerprint density at radius 2 is 2.17 bits per heavy atom. The lowest BCUT2D eigenvalue weighted by Crippen LogP contribution is -2.34. The first-order valence-corrected chi connectivity index (χ1v) is 8.04. The van der Waals surface area contributed by atoms with Crippen molar-refractivity contribution in [2.24, 2.45) is 13.0 Å². The Balaban J connectivity index is 1.54. The van der Waals surface area contributed by atoms with Crippen molar-refractivity contribution in [2.75, 3.05) is 13.2 Å². The molecule has 0 aliphatic carbocycles. The molecule has 2 amide bonds. The average molecular weight is 327 g/mol. The summed E-state index contributed by atoms with van der Waals surface area (Å²) in [4.78, 5) is 25.9. The van der Waals surface area contributed by atoms with Crippen molar-refractivity contribution in [1.29, 1.82) is 0 Å². The summed E-state index contributed by atoms with van der Waals surface area (Å²) in [6, 6.07) is 7.70. The molecular weight excluding hydrogens is 306 g/mol. The van der Waals surface area contributed by atoms with E-state index in [0.717, 1.165) is 16.9 Å². The van der Waals surface area contributed by atoms with Crippen LogP contribution in [0.2, 0.25) is 0 Å². The molecule has 1 atom stereocenters. The number of aromatic nitrogens is 2. The Bertz CT molecular complexity index is 753. The third kappa shape index (κ3) is 3.64. The van der Waals surface area contributed by atoms with Gasteiger partial charge < -0.3 is 4.74 Å². The third-order valence-corrected chi connectivity index (χ3v) is 4.15. The van der Waals surface area contributed by atoms with E-state index in [2.05, 4.69) is 5.10 Å². The van der Waals surface area contributed by atoms with Gasteiger partial charge in [0.25, 0.3) is 0 Å². The molecule has 0 N–H and O–H groups in total. The van der Waals surface area contributed by atoms with Gasteiger partial charge in [0.05, 0.1) is 18.7 Å². The van der Waals surface area contributed by atoms with Gasteiger partial charge in [-0.2, -0.15) is 5.10 Å². The van der Waals surface area contributed by atoms with Crippen LogP contribution in [-0.2, 0) is 23.1 Å². The molecule has 24 heavy (non-hydrogen) atoms. The summed E-state index contributed by atoms with van der Waals surface area (Å²) in [5.41, 5.74) is 2.08. The first kappa shape index (κ1) is 16.2. The number of carbonyl (C=O) groups excluding carboxylic acids is 2. The molecule has 2 heterocycles. The Kier molecular flexibility index (Phi) is 4.64. The predicted molar refractivity (Wildman–Crippen MR) is 88.4 cm³/mol. The van der Waals surface area contributed by atoms with Gasteiger partial charge in [-0.15, -0.1) is 0 Å². The largest absolute Gasteiger partial charge is 0.492 e. The second kappa shape index (κ2) is 6.86. The number of likely N-dealkylation sites (tertiary alicyclic amines) is 1. The molecule has 1 aromatic carbocycles. The molecule has 1 aliphatic rings. The van der Waals surface area contributed by atoms with Crippen LogP contribution in [0.5, 0.6) is 5.75 Å². The van der Waals surface area contributed by atoms with Crippen LogP contribution in [0.3, 0.4) is 0 Å². The van der Waals surface area contributed by atoms with E-state index in [0.29, 0.717) is 13.0 Å². The summed E-state index contributed by atoms with van der Waals surface area (Å²) >= 11 is 0. The molecule has 0 spiro atoms. The van der Waals surface area contributed by atoms with E-state index in [1.165, 1.54) is 4.90 Å². The number of rotatable bonds is 6. The van der Waals surface area contributed by atoms with Gasteiger partial charge in [-0.25, -0.2) is 0 Å². The van der Waals surface area contributed by atoms with E-state index in [-0.39, 0.29) is 30.7 Å². The van der Waals surface area contributed by atoms with E-state index in [9.17, 15) is 9.59 Å². The van der Waals surface area contributed by atoms with Crippen LogP contribution < -0.4 is 4.74 Å². The van der Waals surface area contributed by atoms with E-state index in [1.54, 1.807) is 10.9 Å². The van der Waals surface area contributed by atoms with Gasteiger partial charge >= 0.3 is 0 Å². The number of imide groups is 1. The lowest BCUT2D eigenvalue weighted by molar-refractivity contribution is -0.139. The van der Waals surface area contributed by atoms with Crippen molar-refractivity contribution in [3.63, 3.8) is 0 Å². The Labute approximate surface area is 141 Å². The van der Waals surface area contributed by atoms with Gasteiger partial charge in [-0.3, -0.25) is 19.2 Å². The van der Waals surface area contributed by atoms with Crippen molar-refractivity contribution in [2.45, 2.75) is 19.8 Å². The fourth-order valence-corrected chi connectivity index (χ4v) is 2.97. The van der Waals surface area contributed by atoms with Crippen LogP contribution in [0.4, 0.5) is 0 Å². The number of amides is 2. The van der Waals surface area contributed by atoms with Crippen molar-refractivity contribution in [3.05, 3.63) is 47.8 Å². The first-order valence-electron chi connectivity index (χ1n) is 8.04. The highest BCUT2D eigenvalue weighted by Gasteiger charge is 2.38. The molecule has 0 bridgehead atoms. The van der Waals surface area contributed by atoms with Crippen molar-refractivity contribution in [3.8, 4) is 5.75 Å². The average Bonchev–Trinajstić information content (AvgIpc) is 3.05. The zero-order valence-corrected chi connectivity index (χ0v) is 13.9. The van der Waals surface area contributed by atoms with Crippen molar-refractivity contribution >= 4 is 11.8 Å². The second-order valence-corrected chi connectivity index (χ2v) is 6.18. The Morgan fingerprint density at radius 1 is 1.33 bits per heavy atom. The van der Waals surface area contributed by atoms with Crippen LogP contribution >= 0.6 is 0 Å². The smallest absolute Gasteiger partial charge is 0.233 e. The van der Waals surface area contributed by atoms with E-state index >= 15 is 0 Å². The van der Waals surface area contributed by atoms with Gasteiger partial charge in [-0.1, -0.05) is 12.1 Å². The molecule has 1 saturated heterocycles. The fourth-order valence-electron chi connectivity index (χ4n) is 2.97. The molecule has 1 aromatic heterocycles. The molecule has 6 nitrogen and oxygen atoms in total. The molecule has 0 radical (unpaired) electrons. The van der Waals surface area contributed by atoms with Crippen molar-refractivity contribution < 1.29 is 14.3 Å². The summed E-state index contributed by atoms with van der Waals surface area (Å²) < 4.78 is 7.34. The quantitative estimate of drug-likeness (QED) is 0.758. The second-order valence-electron chi connectivity index (χ2n) is 6.18. The maximum Gasteiger partial charge on any atom is 0.233 e. The number of ether oxygens (including phenoxy) is 1. The zero-order valence-electron chi connectivity index (χ0n) is 13.9. The predicted octanol–water partition coefficient (Wildman–Crippen LogP) is 1.73. The number of aryl methyl sites for hydroxylation is 2. The fraction of sp³-hybridized carbons (Fsp3) is 0.389. The minimum atomic E-state index is -0.291. The van der Waals surface area contributed by atoms with Crippen LogP contribution in [0, 0.1) is 12.8 Å². The zero-order chi connectivity index (χ0) is 17.1. The number of hydrogen-bond acceptors (Lipinski definition) is 4. The standard InChI is InChI=1S/C18H21N3O3/c1-13-4-3-5-16(8-13)24-7-6-21-17(22)10-15(18(21)23)9-14-11-19-20(2)12-14/h3-5,8,11-12,15H,6-7,9-10H2,1-2H3/t15-/m0/s1. The molecule has 1 fully saturated rings. The summed E-state index contributed by atoms with van der Waals surface area (Å²) in [5, 5.41) is 4.10. The Hall–Kier alpha value is -2.63. The van der Waals surface area contributed by atoms with Gasteiger partial charge in [0.15, 0.2) is 0 Å². The molecule has 6 heteroatoms. The minimum absolute atomic E-state index is 0.114. The van der Waals surface area contributed by atoms with Gasteiger partial charge in [0.1, 0.15) is 12.4 Å². The number of carbonyl (C=O) groups is 2. The Morgan fingerprint density at radius 3 is 2.88 bits per heavy atom. The van der Waals surface area contributed by atoms with E-state index in [1.807, 2.05) is 44.4 Å². The van der Waals surface area contributed by atoms with Gasteiger partial charge in [-0.05, 0) is 36.6 Å². The first-order chi connectivity index (χ1) is 11.5. The summed E-state index contributed by atoms with van der Waals surface area (Å²) in [6.07, 6.45) is 4.42. The summed E-state index contributed by atoms with van der Waals surface area (Å²) in [6.45, 7) is 2.58. The van der Waals surface area contributed by atoms with Crippen LogP contribution in [-0.4, -0.2) is 39.6 Å². The molecule has 126 valence electrons. The highest BCUT2D eigenvalue weighted by molar-refractivity contribution is 6.03. The lowest BCUT2D eigenvalue weighted by atomic mass is 10.0. The molecular formula is C18H21N3O3. The third-order valence-electron chi connectivity index (χ3n) is 4.15. The number of hydrogen-bond donors (Lipinski definition) is 0. The lowest BCUT2D eigenvalue weighted by Gasteiger charge is -2.15. The number of nitrogens with zero attached hydrogens (tertiary/aromatic N) is 3. The number of benzene rings is 1. The minimum Gasteiger partial charge on any atom is -0.492 e. The summed E-state index contributed by atoms with van der Waals surface area (Å²) in [7, 11) is 1.83. The van der Waals surface area contributed by atoms with E-state index < -0.39 is 0 Å². The highest BCUT2D eigenvalue weighted by Crippen LogP contribution is 2.23. The maximum absolute atomic E-state index is 12.4. The molecule has 2 aromatic rings. The monoisotopic (exact) mass is 327 g/mol. The van der Waals surface area contributed by atoms with Crippen LogP contribution in [0.25, 0.3) is 0 Å². The van der Waals surface area contributed by atoms with Gasteiger partial charge in [0.2, 0.25) is 11.8 Å². The molecule has 1 aliphatic heterocycles. The van der Waals surface area contributed by atoms with E-state index in [4.69, 9.17) is 4.74 Å². The van der Waals surface area contributed by atoms with Crippen LogP contribution in [0.15, 0.2) is 36.7 Å². The molecule has 0 unspecified atom stereocenters.